The van der Waals surface area contributed by atoms with Crippen molar-refractivity contribution in [3.63, 3.8) is 0 Å². The third-order valence-electron chi connectivity index (χ3n) is 6.43. The summed E-state index contributed by atoms with van der Waals surface area (Å²) in [6, 6.07) is 14.8. The molecule has 0 atom stereocenters. The van der Waals surface area contributed by atoms with Crippen LogP contribution in [-0.4, -0.2) is 70.5 Å². The van der Waals surface area contributed by atoms with Gasteiger partial charge in [-0.05, 0) is 31.4 Å². The largest absolute Gasteiger partial charge is 0.381 e. The Hall–Kier alpha value is -3.23. The number of anilines is 3. The Morgan fingerprint density at radius 1 is 1.03 bits per heavy atom. The molecule has 8 nitrogen and oxygen atoms in total. The Kier molecular flexibility index (Phi) is 6.37. The van der Waals surface area contributed by atoms with E-state index in [1.807, 2.05) is 56.5 Å². The lowest BCUT2D eigenvalue weighted by Gasteiger charge is -2.48. The average Bonchev–Trinajstić information content (AvgIpc) is 3.22. The van der Waals surface area contributed by atoms with Gasteiger partial charge < -0.3 is 15.0 Å². The van der Waals surface area contributed by atoms with Crippen LogP contribution in [0.4, 0.5) is 17.5 Å². The van der Waals surface area contributed by atoms with Gasteiger partial charge in [-0.3, -0.25) is 10.00 Å². The van der Waals surface area contributed by atoms with E-state index in [-0.39, 0.29) is 0 Å². The molecular weight excluding hydrogens is 414 g/mol. The number of hydrogen-bond donors (Lipinski definition) is 2. The van der Waals surface area contributed by atoms with Gasteiger partial charge in [-0.15, -0.1) is 0 Å². The predicted molar refractivity (Wildman–Crippen MR) is 132 cm³/mol. The molecule has 0 amide bonds. The fraction of sp³-hybridized carbons (Fsp3) is 0.400. The number of aromatic amines is 1. The number of aromatic nitrogens is 4. The molecule has 0 spiro atoms. The zero-order chi connectivity index (χ0) is 22.6. The van der Waals surface area contributed by atoms with Crippen molar-refractivity contribution in [2.75, 3.05) is 43.5 Å². The van der Waals surface area contributed by atoms with E-state index >= 15 is 0 Å². The summed E-state index contributed by atoms with van der Waals surface area (Å²) in [4.78, 5) is 14.5. The normalized spacial score (nSPS) is 18.1. The number of piperidine rings is 1. The van der Waals surface area contributed by atoms with E-state index in [0.29, 0.717) is 18.0 Å². The third-order valence-corrected chi connectivity index (χ3v) is 6.43. The zero-order valence-electron chi connectivity index (χ0n) is 19.2. The minimum atomic E-state index is 0.414. The van der Waals surface area contributed by atoms with Crippen LogP contribution < -0.4 is 10.2 Å². The standard InChI is InChI=1S/C25H31N7O/c1-18-14-24(30-29-18)27-23-15-25(28-22(26-23)9-8-19-6-4-3-5-7-19)32-16-20(17-32)31-12-10-21(33-2)11-13-31/h3-9,14-15,20-21H,10-13,16-17H2,1-2H3,(H2,26,27,28,29,30)/b9-8+. The molecule has 0 unspecified atom stereocenters. The number of nitrogens with one attached hydrogen (secondary N) is 2. The molecule has 172 valence electrons. The average molecular weight is 446 g/mol. The van der Waals surface area contributed by atoms with E-state index in [4.69, 9.17) is 14.7 Å². The van der Waals surface area contributed by atoms with Crippen LogP contribution in [0.15, 0.2) is 42.5 Å². The van der Waals surface area contributed by atoms with Crippen LogP contribution in [0.3, 0.4) is 0 Å². The van der Waals surface area contributed by atoms with Crippen molar-refractivity contribution in [3.05, 3.63) is 59.5 Å². The quantitative estimate of drug-likeness (QED) is 0.574. The molecule has 2 aromatic heterocycles. The predicted octanol–water partition coefficient (Wildman–Crippen LogP) is 3.72. The lowest BCUT2D eigenvalue weighted by atomic mass is 10.0. The highest BCUT2D eigenvalue weighted by molar-refractivity contribution is 5.69. The second-order valence-electron chi connectivity index (χ2n) is 8.80. The second kappa shape index (κ2) is 9.72. The number of rotatable bonds is 7. The van der Waals surface area contributed by atoms with Crippen LogP contribution in [0.1, 0.15) is 29.9 Å². The molecule has 2 N–H and O–H groups in total. The van der Waals surface area contributed by atoms with Crippen molar-refractivity contribution in [3.8, 4) is 0 Å². The number of likely N-dealkylation sites (tertiary alicyclic amines) is 1. The first-order valence-electron chi connectivity index (χ1n) is 11.6. The summed E-state index contributed by atoms with van der Waals surface area (Å²) in [5.41, 5.74) is 2.12. The number of nitrogens with zero attached hydrogens (tertiary/aromatic N) is 5. The van der Waals surface area contributed by atoms with Crippen LogP contribution in [0.25, 0.3) is 12.2 Å². The number of benzene rings is 1. The Bertz CT molecular complexity index is 1080. The summed E-state index contributed by atoms with van der Waals surface area (Å²) in [6.45, 7) is 6.16. The summed E-state index contributed by atoms with van der Waals surface area (Å²) in [5.74, 6) is 3.10. The third kappa shape index (κ3) is 5.23. The number of hydrogen-bond acceptors (Lipinski definition) is 7. The van der Waals surface area contributed by atoms with Gasteiger partial charge >= 0.3 is 0 Å². The molecule has 2 aliphatic rings. The highest BCUT2D eigenvalue weighted by Gasteiger charge is 2.34. The molecule has 2 saturated heterocycles. The number of methoxy groups -OCH3 is 1. The molecule has 33 heavy (non-hydrogen) atoms. The Labute approximate surface area is 194 Å². The van der Waals surface area contributed by atoms with Crippen molar-refractivity contribution < 1.29 is 4.74 Å². The summed E-state index contributed by atoms with van der Waals surface area (Å²) in [5, 5.41) is 10.6. The molecular formula is C25H31N7O. The Morgan fingerprint density at radius 3 is 2.52 bits per heavy atom. The monoisotopic (exact) mass is 445 g/mol. The van der Waals surface area contributed by atoms with Gasteiger partial charge in [0, 0.05) is 57.2 Å². The maximum absolute atomic E-state index is 5.52. The number of H-pyrrole nitrogens is 1. The summed E-state index contributed by atoms with van der Waals surface area (Å²) in [6.07, 6.45) is 6.66. The molecule has 0 bridgehead atoms. The summed E-state index contributed by atoms with van der Waals surface area (Å²) < 4.78 is 5.52. The van der Waals surface area contributed by atoms with Crippen molar-refractivity contribution in [1.82, 2.24) is 25.1 Å². The van der Waals surface area contributed by atoms with Crippen molar-refractivity contribution in [2.45, 2.75) is 31.9 Å². The molecule has 5 rings (SSSR count). The first-order valence-corrected chi connectivity index (χ1v) is 11.6. The van der Waals surface area contributed by atoms with Crippen LogP contribution in [-0.2, 0) is 4.74 Å². The fourth-order valence-electron chi connectivity index (χ4n) is 4.45. The highest BCUT2D eigenvalue weighted by Crippen LogP contribution is 2.27. The Balaban J connectivity index is 1.31. The van der Waals surface area contributed by atoms with Crippen molar-refractivity contribution >= 4 is 29.6 Å². The molecule has 8 heteroatoms. The topological polar surface area (TPSA) is 82.2 Å². The molecule has 2 aliphatic heterocycles. The smallest absolute Gasteiger partial charge is 0.156 e. The molecule has 3 aromatic rings. The van der Waals surface area contributed by atoms with E-state index in [9.17, 15) is 0 Å². The van der Waals surface area contributed by atoms with E-state index in [1.54, 1.807) is 0 Å². The van der Waals surface area contributed by atoms with Crippen LogP contribution in [0.2, 0.25) is 0 Å². The van der Waals surface area contributed by atoms with Gasteiger partial charge in [-0.25, -0.2) is 9.97 Å². The highest BCUT2D eigenvalue weighted by atomic mass is 16.5. The van der Waals surface area contributed by atoms with Gasteiger partial charge in [0.05, 0.1) is 6.10 Å². The number of aryl methyl sites for hydroxylation is 1. The molecule has 1 aromatic carbocycles. The van der Waals surface area contributed by atoms with Crippen LogP contribution in [0.5, 0.6) is 0 Å². The molecule has 0 saturated carbocycles. The van der Waals surface area contributed by atoms with Gasteiger partial charge in [0.1, 0.15) is 11.6 Å². The second-order valence-corrected chi connectivity index (χ2v) is 8.80. The van der Waals surface area contributed by atoms with E-state index in [1.165, 1.54) is 0 Å². The summed E-state index contributed by atoms with van der Waals surface area (Å²) >= 11 is 0. The zero-order valence-corrected chi connectivity index (χ0v) is 19.2. The first-order chi connectivity index (χ1) is 16.2. The first kappa shape index (κ1) is 21.6. The molecule has 2 fully saturated rings. The lowest BCUT2D eigenvalue weighted by molar-refractivity contribution is 0.0225. The van der Waals surface area contributed by atoms with Gasteiger partial charge in [0.2, 0.25) is 0 Å². The van der Waals surface area contributed by atoms with E-state index in [0.717, 1.165) is 67.7 Å². The van der Waals surface area contributed by atoms with Gasteiger partial charge in [0.25, 0.3) is 0 Å². The molecule has 4 heterocycles. The lowest BCUT2D eigenvalue weighted by Crippen LogP contribution is -2.61. The molecule has 0 radical (unpaired) electrons. The fourth-order valence-corrected chi connectivity index (χ4v) is 4.45. The minimum absolute atomic E-state index is 0.414. The maximum Gasteiger partial charge on any atom is 0.156 e. The Morgan fingerprint density at radius 2 is 1.82 bits per heavy atom. The summed E-state index contributed by atoms with van der Waals surface area (Å²) in [7, 11) is 1.82. The van der Waals surface area contributed by atoms with Gasteiger partial charge in [-0.2, -0.15) is 5.10 Å². The molecule has 0 aliphatic carbocycles. The van der Waals surface area contributed by atoms with Crippen molar-refractivity contribution in [2.24, 2.45) is 0 Å². The minimum Gasteiger partial charge on any atom is -0.381 e. The van der Waals surface area contributed by atoms with Crippen LogP contribution >= 0.6 is 0 Å². The van der Waals surface area contributed by atoms with E-state index < -0.39 is 0 Å². The van der Waals surface area contributed by atoms with Crippen LogP contribution in [0, 0.1) is 6.92 Å². The van der Waals surface area contributed by atoms with Crippen molar-refractivity contribution in [1.29, 1.82) is 0 Å². The van der Waals surface area contributed by atoms with E-state index in [2.05, 4.69) is 37.4 Å². The van der Waals surface area contributed by atoms with Gasteiger partial charge in [-0.1, -0.05) is 36.4 Å². The van der Waals surface area contributed by atoms with Gasteiger partial charge in [0.15, 0.2) is 11.6 Å². The number of ether oxygens (including phenoxy) is 1. The maximum atomic E-state index is 5.52. The SMILES string of the molecule is COC1CCN(C2CN(c3cc(Nc4cc(C)[nH]n4)nc(/C=C/c4ccccc4)n3)C2)CC1.